The third-order valence-electron chi connectivity index (χ3n) is 6.88. The maximum absolute atomic E-state index is 9.90. The predicted molar refractivity (Wildman–Crippen MR) is 166 cm³/mol. The van der Waals surface area contributed by atoms with Crippen molar-refractivity contribution in [3.8, 4) is 5.75 Å². The fourth-order valence-corrected chi connectivity index (χ4v) is 4.25. The van der Waals surface area contributed by atoms with Crippen molar-refractivity contribution in [3.63, 3.8) is 0 Å². The molecule has 0 atom stereocenters. The predicted octanol–water partition coefficient (Wildman–Crippen LogP) is 11.5. The van der Waals surface area contributed by atoms with E-state index in [1.165, 1.54) is 59.1 Å². The van der Waals surface area contributed by atoms with Gasteiger partial charge >= 0.3 is 0 Å². The van der Waals surface area contributed by atoms with Crippen molar-refractivity contribution in [2.24, 2.45) is 0 Å². The summed E-state index contributed by atoms with van der Waals surface area (Å²) in [5, 5.41) is 9.90. The van der Waals surface area contributed by atoms with Crippen LogP contribution in [0.25, 0.3) is 0 Å². The summed E-state index contributed by atoms with van der Waals surface area (Å²) in [6.45, 7) is 15.6. The molecule has 0 heterocycles. The van der Waals surface area contributed by atoms with Gasteiger partial charge in [0.1, 0.15) is 5.75 Å². The summed E-state index contributed by atoms with van der Waals surface area (Å²) in [7, 11) is 0. The average molecular weight is 503 g/mol. The Balaban J connectivity index is 2.25. The van der Waals surface area contributed by atoms with Crippen LogP contribution in [0.1, 0.15) is 118 Å². The van der Waals surface area contributed by atoms with Crippen LogP contribution in [0.15, 0.2) is 94.2 Å². The second-order valence-electron chi connectivity index (χ2n) is 11.1. The third kappa shape index (κ3) is 17.5. The zero-order valence-electron chi connectivity index (χ0n) is 25.0. The molecule has 0 bridgehead atoms. The summed E-state index contributed by atoms with van der Waals surface area (Å²) in [6, 6.07) is 7.60. The van der Waals surface area contributed by atoms with Crippen LogP contribution in [0.4, 0.5) is 0 Å². The highest BCUT2D eigenvalue weighted by molar-refractivity contribution is 5.33. The van der Waals surface area contributed by atoms with E-state index in [1.807, 2.05) is 18.2 Å². The molecule has 0 amide bonds. The van der Waals surface area contributed by atoms with Gasteiger partial charge in [-0.15, -0.1) is 0 Å². The van der Waals surface area contributed by atoms with Crippen LogP contribution in [0.2, 0.25) is 0 Å². The minimum atomic E-state index is 0.390. The highest BCUT2D eigenvalue weighted by atomic mass is 16.3. The van der Waals surface area contributed by atoms with Gasteiger partial charge in [0.25, 0.3) is 0 Å². The Morgan fingerprint density at radius 3 is 1.24 bits per heavy atom. The fraction of sp³-hybridized carbons (Fsp3) is 0.500. The molecule has 1 aromatic carbocycles. The van der Waals surface area contributed by atoms with Crippen molar-refractivity contribution in [2.45, 2.75) is 119 Å². The first-order valence-corrected chi connectivity index (χ1v) is 14.4. The lowest BCUT2D eigenvalue weighted by atomic mass is 10.0. The van der Waals surface area contributed by atoms with Crippen LogP contribution in [-0.2, 0) is 6.42 Å². The standard InChI is InChI=1S/C36H54O/c1-29(2)15-10-16-30(3)17-11-18-31(4)19-12-20-32(5)21-13-22-33(6)23-14-24-34(7)27-28-35-25-8-9-26-36(35)37/h8-9,15,17,19,21,23,25-27,37H,10-14,16,18,20,22,24,28H2,1-7H3/b30-17+,31-19+,32-21+,33-23+,34-27+. The van der Waals surface area contributed by atoms with Crippen molar-refractivity contribution in [1.82, 2.24) is 0 Å². The molecule has 0 aliphatic rings. The molecule has 0 radical (unpaired) electrons. The van der Waals surface area contributed by atoms with Crippen molar-refractivity contribution >= 4 is 0 Å². The van der Waals surface area contributed by atoms with Crippen LogP contribution < -0.4 is 0 Å². The Kier molecular flexibility index (Phi) is 17.2. The van der Waals surface area contributed by atoms with Crippen molar-refractivity contribution in [3.05, 3.63) is 99.7 Å². The Morgan fingerprint density at radius 2 is 0.865 bits per heavy atom. The number of benzene rings is 1. The normalized spacial score (nSPS) is 13.8. The monoisotopic (exact) mass is 502 g/mol. The fourth-order valence-electron chi connectivity index (χ4n) is 4.25. The third-order valence-corrected chi connectivity index (χ3v) is 6.88. The number of hydrogen-bond acceptors (Lipinski definition) is 1. The molecule has 0 aromatic heterocycles. The van der Waals surface area contributed by atoms with Gasteiger partial charge in [0.2, 0.25) is 0 Å². The minimum Gasteiger partial charge on any atom is -0.508 e. The zero-order valence-corrected chi connectivity index (χ0v) is 25.0. The molecular formula is C36H54O. The van der Waals surface area contributed by atoms with Crippen molar-refractivity contribution in [2.75, 3.05) is 0 Å². The smallest absolute Gasteiger partial charge is 0.119 e. The first kappa shape index (κ1) is 32.5. The van der Waals surface area contributed by atoms with Crippen LogP contribution in [0.5, 0.6) is 5.75 Å². The summed E-state index contributed by atoms with van der Waals surface area (Å²) in [6.07, 6.45) is 26.5. The molecule has 204 valence electrons. The van der Waals surface area contributed by atoms with Crippen LogP contribution in [0, 0.1) is 0 Å². The lowest BCUT2D eigenvalue weighted by Crippen LogP contribution is -1.85. The molecule has 1 nitrogen and oxygen atoms in total. The maximum atomic E-state index is 9.90. The van der Waals surface area contributed by atoms with Gasteiger partial charge in [-0.05, 0) is 131 Å². The quantitative estimate of drug-likeness (QED) is 0.210. The molecule has 1 N–H and O–H groups in total. The van der Waals surface area contributed by atoms with Gasteiger partial charge in [0.05, 0.1) is 0 Å². The lowest BCUT2D eigenvalue weighted by molar-refractivity contribution is 0.469. The van der Waals surface area contributed by atoms with E-state index in [9.17, 15) is 5.11 Å². The molecule has 0 aliphatic heterocycles. The first-order valence-electron chi connectivity index (χ1n) is 14.4. The van der Waals surface area contributed by atoms with Gasteiger partial charge in [-0.25, -0.2) is 0 Å². The molecule has 1 heteroatoms. The van der Waals surface area contributed by atoms with Gasteiger partial charge in [0, 0.05) is 0 Å². The average Bonchev–Trinajstić information content (AvgIpc) is 2.83. The maximum Gasteiger partial charge on any atom is 0.119 e. The van der Waals surface area contributed by atoms with Crippen LogP contribution in [-0.4, -0.2) is 5.11 Å². The number of phenolic OH excluding ortho intramolecular Hbond substituents is 1. The largest absolute Gasteiger partial charge is 0.508 e. The Morgan fingerprint density at radius 1 is 0.514 bits per heavy atom. The first-order chi connectivity index (χ1) is 17.7. The molecule has 0 unspecified atom stereocenters. The minimum absolute atomic E-state index is 0.390. The van der Waals surface area contributed by atoms with Crippen LogP contribution >= 0.6 is 0 Å². The molecule has 0 saturated heterocycles. The van der Waals surface area contributed by atoms with E-state index >= 15 is 0 Å². The Bertz CT molecular complexity index is 974. The molecule has 0 fully saturated rings. The van der Waals surface area contributed by atoms with E-state index in [0.717, 1.165) is 50.5 Å². The van der Waals surface area contributed by atoms with Crippen LogP contribution in [0.3, 0.4) is 0 Å². The summed E-state index contributed by atoms with van der Waals surface area (Å²) in [5.74, 6) is 0.390. The van der Waals surface area contributed by atoms with Gasteiger partial charge in [-0.2, -0.15) is 0 Å². The van der Waals surface area contributed by atoms with E-state index in [1.54, 1.807) is 6.07 Å². The van der Waals surface area contributed by atoms with Gasteiger partial charge in [-0.1, -0.05) is 88.1 Å². The number of hydrogen-bond donors (Lipinski definition) is 1. The summed E-state index contributed by atoms with van der Waals surface area (Å²) >= 11 is 0. The molecule has 0 spiro atoms. The van der Waals surface area contributed by atoms with Crippen molar-refractivity contribution in [1.29, 1.82) is 0 Å². The molecule has 1 rings (SSSR count). The number of allylic oxidation sites excluding steroid dienone is 12. The van der Waals surface area contributed by atoms with Gasteiger partial charge < -0.3 is 5.11 Å². The molecule has 0 aliphatic carbocycles. The van der Waals surface area contributed by atoms with Gasteiger partial charge in [-0.3, -0.25) is 0 Å². The topological polar surface area (TPSA) is 20.2 Å². The summed E-state index contributed by atoms with van der Waals surface area (Å²) < 4.78 is 0. The van der Waals surface area contributed by atoms with E-state index < -0.39 is 0 Å². The van der Waals surface area contributed by atoms with Crippen molar-refractivity contribution < 1.29 is 5.11 Å². The number of aromatic hydroxyl groups is 1. The zero-order chi connectivity index (χ0) is 27.5. The highest BCUT2D eigenvalue weighted by Gasteiger charge is 1.98. The van der Waals surface area contributed by atoms with E-state index in [4.69, 9.17) is 0 Å². The summed E-state index contributed by atoms with van der Waals surface area (Å²) in [5.41, 5.74) is 9.83. The van der Waals surface area contributed by atoms with E-state index in [0.29, 0.717) is 5.75 Å². The van der Waals surface area contributed by atoms with E-state index in [-0.39, 0.29) is 0 Å². The SMILES string of the molecule is CC(C)=CCC/C(C)=C/CC/C(C)=C/CC/C(C)=C/CC/C(C)=C/CC/C(C)=C/Cc1ccccc1O. The summed E-state index contributed by atoms with van der Waals surface area (Å²) in [4.78, 5) is 0. The number of phenols is 1. The Hall–Kier alpha value is -2.54. The highest BCUT2D eigenvalue weighted by Crippen LogP contribution is 2.19. The van der Waals surface area contributed by atoms with E-state index in [2.05, 4.69) is 84.9 Å². The second kappa shape index (κ2) is 19.6. The second-order valence-corrected chi connectivity index (χ2v) is 11.1. The molecular weight excluding hydrogens is 448 g/mol. The molecule has 1 aromatic rings. The van der Waals surface area contributed by atoms with Gasteiger partial charge in [0.15, 0.2) is 0 Å². The molecule has 0 saturated carbocycles. The number of para-hydroxylation sites is 1. The lowest BCUT2D eigenvalue weighted by Gasteiger charge is -2.04. The number of rotatable bonds is 17. The molecule has 37 heavy (non-hydrogen) atoms. The Labute approximate surface area is 229 Å².